The highest BCUT2D eigenvalue weighted by Crippen LogP contribution is 2.29. The van der Waals surface area contributed by atoms with Crippen molar-refractivity contribution in [3.8, 4) is 5.75 Å². The van der Waals surface area contributed by atoms with E-state index in [2.05, 4.69) is 0 Å². The molecule has 1 aromatic rings. The summed E-state index contributed by atoms with van der Waals surface area (Å²) in [4.78, 5) is 0.254. The molecule has 1 aliphatic rings. The van der Waals surface area contributed by atoms with Crippen LogP contribution in [-0.4, -0.2) is 27.5 Å². The summed E-state index contributed by atoms with van der Waals surface area (Å²) in [6.45, 7) is 0.891. The fourth-order valence-corrected chi connectivity index (χ4v) is 2.41. The van der Waals surface area contributed by atoms with Crippen LogP contribution in [0.4, 0.5) is 0 Å². The van der Waals surface area contributed by atoms with Gasteiger partial charge < -0.3 is 15.2 Å². The maximum atomic E-state index is 11.5. The SMILES string of the molecule is CS(=O)(=O)c1ccc2c(c1)OC(CC=CCN)OC2. The number of rotatable bonds is 4. The molecule has 1 heterocycles. The van der Waals surface area contributed by atoms with Gasteiger partial charge in [0.05, 0.1) is 11.5 Å². The first-order valence-corrected chi connectivity index (χ1v) is 7.86. The van der Waals surface area contributed by atoms with Gasteiger partial charge in [0.1, 0.15) is 5.75 Å². The summed E-state index contributed by atoms with van der Waals surface area (Å²) in [5.41, 5.74) is 6.21. The third-order valence-electron chi connectivity index (χ3n) is 2.78. The average molecular weight is 283 g/mol. The highest BCUT2D eigenvalue weighted by Gasteiger charge is 2.21. The summed E-state index contributed by atoms with van der Waals surface area (Å²) >= 11 is 0. The minimum atomic E-state index is -3.23. The first-order valence-electron chi connectivity index (χ1n) is 5.97. The van der Waals surface area contributed by atoms with E-state index in [-0.39, 0.29) is 4.90 Å². The molecule has 0 radical (unpaired) electrons. The molecule has 0 bridgehead atoms. The van der Waals surface area contributed by atoms with Crippen molar-refractivity contribution in [2.45, 2.75) is 24.2 Å². The lowest BCUT2D eigenvalue weighted by Crippen LogP contribution is -2.25. The Morgan fingerprint density at radius 3 is 2.89 bits per heavy atom. The minimum Gasteiger partial charge on any atom is -0.464 e. The van der Waals surface area contributed by atoms with Crippen LogP contribution in [0.1, 0.15) is 12.0 Å². The molecule has 2 rings (SSSR count). The number of benzene rings is 1. The van der Waals surface area contributed by atoms with Crippen molar-refractivity contribution in [3.63, 3.8) is 0 Å². The molecular weight excluding hydrogens is 266 g/mol. The molecule has 1 aromatic carbocycles. The quantitative estimate of drug-likeness (QED) is 0.841. The van der Waals surface area contributed by atoms with Crippen molar-refractivity contribution in [1.82, 2.24) is 0 Å². The Morgan fingerprint density at radius 2 is 2.21 bits per heavy atom. The van der Waals surface area contributed by atoms with Gasteiger partial charge in [-0.15, -0.1) is 0 Å². The number of ether oxygens (including phenoxy) is 2. The summed E-state index contributed by atoms with van der Waals surface area (Å²) in [6, 6.07) is 4.83. The molecule has 19 heavy (non-hydrogen) atoms. The van der Waals surface area contributed by atoms with Crippen LogP contribution in [0.2, 0.25) is 0 Å². The molecular formula is C13H17NO4S. The second-order valence-electron chi connectivity index (χ2n) is 4.34. The molecule has 6 heteroatoms. The van der Waals surface area contributed by atoms with E-state index in [1.54, 1.807) is 18.2 Å². The van der Waals surface area contributed by atoms with Gasteiger partial charge in [0.25, 0.3) is 0 Å². The molecule has 1 unspecified atom stereocenters. The summed E-state index contributed by atoms with van der Waals surface area (Å²) in [7, 11) is -3.23. The molecule has 1 aliphatic heterocycles. The Hall–Kier alpha value is -1.37. The zero-order chi connectivity index (χ0) is 13.9. The van der Waals surface area contributed by atoms with Gasteiger partial charge in [-0.2, -0.15) is 0 Å². The van der Waals surface area contributed by atoms with Crippen LogP contribution in [0.3, 0.4) is 0 Å². The molecule has 0 fully saturated rings. The van der Waals surface area contributed by atoms with Crippen LogP contribution in [0.25, 0.3) is 0 Å². The summed E-state index contributed by atoms with van der Waals surface area (Å²) < 4.78 is 34.1. The summed E-state index contributed by atoms with van der Waals surface area (Å²) in [5, 5.41) is 0. The molecule has 104 valence electrons. The molecule has 0 aliphatic carbocycles. The van der Waals surface area contributed by atoms with E-state index >= 15 is 0 Å². The average Bonchev–Trinajstić information content (AvgIpc) is 2.37. The topological polar surface area (TPSA) is 78.6 Å². The first-order chi connectivity index (χ1) is 9.00. The van der Waals surface area contributed by atoms with Crippen molar-refractivity contribution >= 4 is 9.84 Å². The van der Waals surface area contributed by atoms with E-state index in [1.165, 1.54) is 6.26 Å². The fourth-order valence-electron chi connectivity index (χ4n) is 1.77. The van der Waals surface area contributed by atoms with E-state index < -0.39 is 16.1 Å². The predicted octanol–water partition coefficient (Wildman–Crippen LogP) is 1.23. The Kier molecular flexibility index (Phi) is 4.24. The van der Waals surface area contributed by atoms with Crippen molar-refractivity contribution in [2.75, 3.05) is 12.8 Å². The largest absolute Gasteiger partial charge is 0.464 e. The van der Waals surface area contributed by atoms with Crippen molar-refractivity contribution < 1.29 is 17.9 Å². The van der Waals surface area contributed by atoms with Crippen molar-refractivity contribution in [2.24, 2.45) is 5.73 Å². The monoisotopic (exact) mass is 283 g/mol. The molecule has 2 N–H and O–H groups in total. The zero-order valence-corrected chi connectivity index (χ0v) is 11.5. The Bertz CT molecular complexity index is 580. The molecule has 0 saturated heterocycles. The van der Waals surface area contributed by atoms with Gasteiger partial charge in [0.15, 0.2) is 9.84 Å². The standard InChI is InChI=1S/C13H17NO4S/c1-19(15,16)11-6-5-10-9-17-13(4-2-3-7-14)18-12(10)8-11/h2-3,5-6,8,13H,4,7,9,14H2,1H3. The molecule has 0 saturated carbocycles. The number of hydrogen-bond acceptors (Lipinski definition) is 5. The molecule has 0 amide bonds. The summed E-state index contributed by atoms with van der Waals surface area (Å²) in [5.74, 6) is 0.570. The Morgan fingerprint density at radius 1 is 1.42 bits per heavy atom. The molecule has 0 aromatic heterocycles. The highest BCUT2D eigenvalue weighted by molar-refractivity contribution is 7.90. The smallest absolute Gasteiger partial charge is 0.203 e. The maximum absolute atomic E-state index is 11.5. The van der Waals surface area contributed by atoms with Gasteiger partial charge in [-0.05, 0) is 12.1 Å². The third-order valence-corrected chi connectivity index (χ3v) is 3.89. The first kappa shape index (κ1) is 14.0. The third kappa shape index (κ3) is 3.56. The van der Waals surface area contributed by atoms with Gasteiger partial charge >= 0.3 is 0 Å². The molecule has 5 nitrogen and oxygen atoms in total. The number of sulfone groups is 1. The van der Waals surface area contributed by atoms with Crippen molar-refractivity contribution in [1.29, 1.82) is 0 Å². The lowest BCUT2D eigenvalue weighted by atomic mass is 10.2. The van der Waals surface area contributed by atoms with E-state index in [4.69, 9.17) is 15.2 Å². The van der Waals surface area contributed by atoms with E-state index in [0.717, 1.165) is 5.56 Å². The van der Waals surface area contributed by atoms with Gasteiger partial charge in [-0.25, -0.2) is 8.42 Å². The van der Waals surface area contributed by atoms with Crippen molar-refractivity contribution in [3.05, 3.63) is 35.9 Å². The van der Waals surface area contributed by atoms with Crippen LogP contribution < -0.4 is 10.5 Å². The number of hydrogen-bond donors (Lipinski definition) is 1. The maximum Gasteiger partial charge on any atom is 0.203 e. The predicted molar refractivity (Wildman–Crippen MR) is 71.6 cm³/mol. The normalized spacial score (nSPS) is 19.2. The minimum absolute atomic E-state index is 0.254. The van der Waals surface area contributed by atoms with Gasteiger partial charge in [-0.3, -0.25) is 0 Å². The second kappa shape index (κ2) is 5.73. The van der Waals surface area contributed by atoms with E-state index in [9.17, 15) is 8.42 Å². The number of fused-ring (bicyclic) bond motifs is 1. The van der Waals surface area contributed by atoms with E-state index in [0.29, 0.717) is 25.3 Å². The van der Waals surface area contributed by atoms with Crippen LogP contribution in [0.5, 0.6) is 5.75 Å². The second-order valence-corrected chi connectivity index (χ2v) is 6.36. The van der Waals surface area contributed by atoms with Gasteiger partial charge in [0, 0.05) is 24.8 Å². The van der Waals surface area contributed by atoms with E-state index in [1.807, 2.05) is 12.2 Å². The fraction of sp³-hybridized carbons (Fsp3) is 0.385. The number of nitrogens with two attached hydrogens (primary N) is 1. The van der Waals surface area contributed by atoms with Crippen LogP contribution in [-0.2, 0) is 21.2 Å². The van der Waals surface area contributed by atoms with Gasteiger partial charge in [-0.1, -0.05) is 18.2 Å². The lowest BCUT2D eigenvalue weighted by Gasteiger charge is -2.26. The lowest BCUT2D eigenvalue weighted by molar-refractivity contribution is -0.105. The summed E-state index contributed by atoms with van der Waals surface area (Å²) in [6.07, 6.45) is 5.07. The van der Waals surface area contributed by atoms with Crippen LogP contribution >= 0.6 is 0 Å². The van der Waals surface area contributed by atoms with Crippen LogP contribution in [0.15, 0.2) is 35.2 Å². The van der Waals surface area contributed by atoms with Gasteiger partial charge in [0.2, 0.25) is 6.29 Å². The van der Waals surface area contributed by atoms with Crippen LogP contribution in [0, 0.1) is 0 Å². The highest BCUT2D eigenvalue weighted by atomic mass is 32.2. The Balaban J connectivity index is 2.16. The zero-order valence-electron chi connectivity index (χ0n) is 10.7. The Labute approximate surface area is 112 Å². The molecule has 1 atom stereocenters. The molecule has 0 spiro atoms.